The first kappa shape index (κ1) is 12.9. The fourth-order valence-corrected chi connectivity index (χ4v) is 1.36. The van der Waals surface area contributed by atoms with Gasteiger partial charge in [-0.1, -0.05) is 0 Å². The van der Waals surface area contributed by atoms with Crippen molar-refractivity contribution in [1.29, 1.82) is 0 Å². The molecule has 0 spiro atoms. The molecule has 0 saturated carbocycles. The maximum absolute atomic E-state index is 13.1. The summed E-state index contributed by atoms with van der Waals surface area (Å²) in [5.41, 5.74) is 6.19. The molecule has 16 heavy (non-hydrogen) atoms. The van der Waals surface area contributed by atoms with E-state index >= 15 is 0 Å². The number of halogens is 1. The second-order valence-corrected chi connectivity index (χ2v) is 3.55. The molecule has 0 atom stereocenters. The summed E-state index contributed by atoms with van der Waals surface area (Å²) in [5.74, 6) is 0.229. The number of unbranched alkanes of at least 4 members (excludes halogenated alkanes) is 1. The summed E-state index contributed by atoms with van der Waals surface area (Å²) in [7, 11) is 1.67. The fourth-order valence-electron chi connectivity index (χ4n) is 1.36. The van der Waals surface area contributed by atoms with E-state index in [2.05, 4.69) is 0 Å². The van der Waals surface area contributed by atoms with Crippen LogP contribution < -0.4 is 10.5 Å². The van der Waals surface area contributed by atoms with Crippen molar-refractivity contribution in [3.63, 3.8) is 0 Å². The SMILES string of the molecule is COCCCCOc1cc(F)cc(CN)c1. The van der Waals surface area contributed by atoms with Crippen molar-refractivity contribution in [2.45, 2.75) is 19.4 Å². The van der Waals surface area contributed by atoms with Gasteiger partial charge >= 0.3 is 0 Å². The Morgan fingerprint density at radius 1 is 1.19 bits per heavy atom. The summed E-state index contributed by atoms with van der Waals surface area (Å²) < 4.78 is 23.4. The van der Waals surface area contributed by atoms with Crippen molar-refractivity contribution in [3.05, 3.63) is 29.6 Å². The van der Waals surface area contributed by atoms with Crippen LogP contribution in [0.5, 0.6) is 5.75 Å². The molecule has 0 unspecified atom stereocenters. The van der Waals surface area contributed by atoms with Crippen LogP contribution in [-0.4, -0.2) is 20.3 Å². The van der Waals surface area contributed by atoms with Gasteiger partial charge in [0.2, 0.25) is 0 Å². The van der Waals surface area contributed by atoms with Gasteiger partial charge in [0.15, 0.2) is 0 Å². The number of rotatable bonds is 7. The zero-order chi connectivity index (χ0) is 11.8. The van der Waals surface area contributed by atoms with E-state index < -0.39 is 0 Å². The quantitative estimate of drug-likeness (QED) is 0.725. The summed E-state index contributed by atoms with van der Waals surface area (Å²) >= 11 is 0. The Hall–Kier alpha value is -1.13. The summed E-state index contributed by atoms with van der Waals surface area (Å²) in [6, 6.07) is 4.55. The van der Waals surface area contributed by atoms with E-state index in [0.29, 0.717) is 18.9 Å². The largest absolute Gasteiger partial charge is 0.493 e. The minimum absolute atomic E-state index is 0.310. The van der Waals surface area contributed by atoms with Crippen LogP contribution in [0.25, 0.3) is 0 Å². The zero-order valence-corrected chi connectivity index (χ0v) is 9.54. The summed E-state index contributed by atoms with van der Waals surface area (Å²) in [6.07, 6.45) is 1.83. The van der Waals surface area contributed by atoms with Gasteiger partial charge in [0.25, 0.3) is 0 Å². The van der Waals surface area contributed by atoms with Crippen molar-refractivity contribution < 1.29 is 13.9 Å². The monoisotopic (exact) mass is 227 g/mol. The zero-order valence-electron chi connectivity index (χ0n) is 9.54. The Bertz CT molecular complexity index is 318. The molecule has 2 N–H and O–H groups in total. The fraction of sp³-hybridized carbons (Fsp3) is 0.500. The molecule has 4 heteroatoms. The molecule has 0 aliphatic rings. The number of hydrogen-bond acceptors (Lipinski definition) is 3. The van der Waals surface area contributed by atoms with E-state index in [-0.39, 0.29) is 5.82 Å². The maximum Gasteiger partial charge on any atom is 0.127 e. The van der Waals surface area contributed by atoms with Gasteiger partial charge in [0.1, 0.15) is 11.6 Å². The van der Waals surface area contributed by atoms with Gasteiger partial charge in [-0.15, -0.1) is 0 Å². The van der Waals surface area contributed by atoms with Crippen molar-refractivity contribution in [2.24, 2.45) is 5.73 Å². The van der Waals surface area contributed by atoms with Crippen molar-refractivity contribution in [2.75, 3.05) is 20.3 Å². The Labute approximate surface area is 95.4 Å². The number of hydrogen-bond donors (Lipinski definition) is 1. The summed E-state index contributed by atoms with van der Waals surface area (Å²) in [5, 5.41) is 0. The molecule has 0 fully saturated rings. The van der Waals surface area contributed by atoms with Crippen LogP contribution in [0, 0.1) is 5.82 Å². The molecule has 0 bridgehead atoms. The molecule has 0 heterocycles. The van der Waals surface area contributed by atoms with E-state index in [9.17, 15) is 4.39 Å². The maximum atomic E-state index is 13.1. The first-order valence-electron chi connectivity index (χ1n) is 5.37. The van der Waals surface area contributed by atoms with Crippen molar-refractivity contribution in [1.82, 2.24) is 0 Å². The number of ether oxygens (including phenoxy) is 2. The van der Waals surface area contributed by atoms with Crippen molar-refractivity contribution in [3.8, 4) is 5.75 Å². The predicted octanol–water partition coefficient (Wildman–Crippen LogP) is 2.09. The Morgan fingerprint density at radius 3 is 2.62 bits per heavy atom. The molecule has 1 aromatic rings. The van der Waals surface area contributed by atoms with Crippen LogP contribution in [0.2, 0.25) is 0 Å². The molecule has 0 aromatic heterocycles. The number of methoxy groups -OCH3 is 1. The topological polar surface area (TPSA) is 44.5 Å². The van der Waals surface area contributed by atoms with Crippen LogP contribution in [0.4, 0.5) is 4.39 Å². The molecule has 90 valence electrons. The Balaban J connectivity index is 2.38. The molecule has 3 nitrogen and oxygen atoms in total. The van der Waals surface area contributed by atoms with Crippen LogP contribution >= 0.6 is 0 Å². The number of benzene rings is 1. The molecule has 0 radical (unpaired) electrons. The lowest BCUT2D eigenvalue weighted by molar-refractivity contribution is 0.184. The minimum atomic E-state index is -0.310. The van der Waals surface area contributed by atoms with E-state index in [4.69, 9.17) is 15.2 Å². The molecular formula is C12H18FNO2. The van der Waals surface area contributed by atoms with Crippen molar-refractivity contribution >= 4 is 0 Å². The lowest BCUT2D eigenvalue weighted by atomic mass is 10.2. The summed E-state index contributed by atoms with van der Waals surface area (Å²) in [4.78, 5) is 0. The lowest BCUT2D eigenvalue weighted by Gasteiger charge is -2.07. The summed E-state index contributed by atoms with van der Waals surface area (Å²) in [6.45, 7) is 1.61. The van der Waals surface area contributed by atoms with Gasteiger partial charge in [-0.25, -0.2) is 4.39 Å². The smallest absolute Gasteiger partial charge is 0.127 e. The standard InChI is InChI=1S/C12H18FNO2/c1-15-4-2-3-5-16-12-7-10(9-14)6-11(13)8-12/h6-8H,2-5,9,14H2,1H3. The van der Waals surface area contributed by atoms with E-state index in [1.807, 2.05) is 0 Å². The molecule has 1 rings (SSSR count). The highest BCUT2D eigenvalue weighted by Gasteiger charge is 2.00. The Morgan fingerprint density at radius 2 is 1.94 bits per heavy atom. The van der Waals surface area contributed by atoms with E-state index in [1.165, 1.54) is 12.1 Å². The first-order valence-corrected chi connectivity index (χ1v) is 5.37. The predicted molar refractivity (Wildman–Crippen MR) is 60.9 cm³/mol. The molecule has 0 amide bonds. The normalized spacial score (nSPS) is 10.4. The molecular weight excluding hydrogens is 209 g/mol. The van der Waals surface area contributed by atoms with Crippen LogP contribution in [-0.2, 0) is 11.3 Å². The third kappa shape index (κ3) is 4.59. The third-order valence-corrected chi connectivity index (χ3v) is 2.18. The van der Waals surface area contributed by atoms with Gasteiger partial charge in [-0.2, -0.15) is 0 Å². The first-order chi connectivity index (χ1) is 7.76. The van der Waals surface area contributed by atoms with Gasteiger partial charge in [0.05, 0.1) is 6.61 Å². The van der Waals surface area contributed by atoms with Crippen LogP contribution in [0.1, 0.15) is 18.4 Å². The average molecular weight is 227 g/mol. The highest BCUT2D eigenvalue weighted by atomic mass is 19.1. The second kappa shape index (κ2) is 7.19. The lowest BCUT2D eigenvalue weighted by Crippen LogP contribution is -2.02. The van der Waals surface area contributed by atoms with Crippen LogP contribution in [0.15, 0.2) is 18.2 Å². The number of nitrogens with two attached hydrogens (primary N) is 1. The molecule has 1 aromatic carbocycles. The second-order valence-electron chi connectivity index (χ2n) is 3.55. The highest BCUT2D eigenvalue weighted by molar-refractivity contribution is 5.29. The van der Waals surface area contributed by atoms with Gasteiger partial charge in [-0.3, -0.25) is 0 Å². The minimum Gasteiger partial charge on any atom is -0.493 e. The van der Waals surface area contributed by atoms with Gasteiger partial charge in [0, 0.05) is 26.3 Å². The molecule has 0 aliphatic heterocycles. The van der Waals surface area contributed by atoms with E-state index in [1.54, 1.807) is 13.2 Å². The Kier molecular flexibility index (Phi) is 5.82. The van der Waals surface area contributed by atoms with Gasteiger partial charge in [-0.05, 0) is 30.5 Å². The van der Waals surface area contributed by atoms with E-state index in [0.717, 1.165) is 25.0 Å². The highest BCUT2D eigenvalue weighted by Crippen LogP contribution is 2.16. The van der Waals surface area contributed by atoms with Gasteiger partial charge < -0.3 is 15.2 Å². The van der Waals surface area contributed by atoms with Crippen LogP contribution in [0.3, 0.4) is 0 Å². The third-order valence-electron chi connectivity index (χ3n) is 2.18. The average Bonchev–Trinajstić information content (AvgIpc) is 2.28. The molecule has 0 saturated heterocycles. The molecule has 0 aliphatic carbocycles.